The number of hydrazine groups is 1. The van der Waals surface area contributed by atoms with E-state index in [9.17, 15) is 24.8 Å². The molecule has 0 spiro atoms. The molecule has 1 aliphatic heterocycles. The minimum atomic E-state index is -0.755. The molecule has 2 aromatic carbocycles. The lowest BCUT2D eigenvalue weighted by molar-refractivity contribution is -0.385. The van der Waals surface area contributed by atoms with Gasteiger partial charge < -0.3 is 5.11 Å². The Hall–Kier alpha value is -3.20. The summed E-state index contributed by atoms with van der Waals surface area (Å²) in [6, 6.07) is 11.0. The van der Waals surface area contributed by atoms with Gasteiger partial charge in [-0.2, -0.15) is 0 Å². The Bertz CT molecular complexity index is 927. The molecule has 0 saturated carbocycles. The van der Waals surface area contributed by atoms with E-state index >= 15 is 0 Å². The number of phenols is 1. The average molecular weight is 404 g/mol. The van der Waals surface area contributed by atoms with Gasteiger partial charge in [0.15, 0.2) is 0 Å². The molecular weight excluding hydrogens is 394 g/mol. The minimum absolute atomic E-state index is 0.0190. The molecule has 0 unspecified atom stereocenters. The maximum Gasteiger partial charge on any atom is 0.312 e. The van der Waals surface area contributed by atoms with E-state index in [0.717, 1.165) is 17.2 Å². The second-order valence-electron chi connectivity index (χ2n) is 5.09. The van der Waals surface area contributed by atoms with Crippen LogP contribution in [0.1, 0.15) is 5.56 Å². The first-order valence-electron chi connectivity index (χ1n) is 6.97. The van der Waals surface area contributed by atoms with Crippen LogP contribution in [0.3, 0.4) is 0 Å². The topological polar surface area (TPSA) is 113 Å². The summed E-state index contributed by atoms with van der Waals surface area (Å²) in [7, 11) is 0. The molecule has 2 aromatic rings. The molecule has 1 aliphatic rings. The predicted molar refractivity (Wildman–Crippen MR) is 92.5 cm³/mol. The summed E-state index contributed by atoms with van der Waals surface area (Å²) in [4.78, 5) is 34.8. The number of nitrogens with zero attached hydrogens (tertiary/aromatic N) is 2. The highest BCUT2D eigenvalue weighted by Crippen LogP contribution is 2.35. The highest BCUT2D eigenvalue weighted by molar-refractivity contribution is 9.10. The summed E-state index contributed by atoms with van der Waals surface area (Å²) >= 11 is 3.10. The number of nitro groups is 1. The first-order chi connectivity index (χ1) is 11.9. The van der Waals surface area contributed by atoms with Crippen LogP contribution in [0.15, 0.2) is 52.5 Å². The summed E-state index contributed by atoms with van der Waals surface area (Å²) in [5.41, 5.74) is 2.08. The van der Waals surface area contributed by atoms with E-state index in [-0.39, 0.29) is 11.1 Å². The van der Waals surface area contributed by atoms with Gasteiger partial charge in [-0.3, -0.25) is 25.1 Å². The maximum atomic E-state index is 12.5. The number of rotatable bonds is 3. The molecule has 2 amide bonds. The third-order valence-corrected chi connectivity index (χ3v) is 3.94. The number of amides is 2. The smallest absolute Gasteiger partial charge is 0.312 e. The number of carbonyl (C=O) groups is 2. The predicted octanol–water partition coefficient (Wildman–Crippen LogP) is 2.52. The van der Waals surface area contributed by atoms with Crippen molar-refractivity contribution in [3.05, 3.63) is 68.2 Å². The number of hydrogen-bond donors (Lipinski definition) is 2. The number of anilines is 1. The van der Waals surface area contributed by atoms with Crippen LogP contribution in [0.25, 0.3) is 6.08 Å². The molecule has 0 atom stereocenters. The largest absolute Gasteiger partial charge is 0.502 e. The van der Waals surface area contributed by atoms with Crippen LogP contribution in [-0.4, -0.2) is 21.8 Å². The van der Waals surface area contributed by atoms with Crippen molar-refractivity contribution in [1.82, 2.24) is 5.43 Å². The van der Waals surface area contributed by atoms with Crippen molar-refractivity contribution in [3.8, 4) is 5.75 Å². The molecule has 2 N–H and O–H groups in total. The Balaban J connectivity index is 2.04. The zero-order chi connectivity index (χ0) is 18.1. The van der Waals surface area contributed by atoms with Gasteiger partial charge in [0.1, 0.15) is 5.57 Å². The van der Waals surface area contributed by atoms with Gasteiger partial charge in [0, 0.05) is 16.1 Å². The lowest BCUT2D eigenvalue weighted by Crippen LogP contribution is -2.35. The number of hydrogen-bond acceptors (Lipinski definition) is 5. The number of carbonyl (C=O) groups excluding carboxylic acids is 2. The number of phenolic OH excluding ortho intramolecular Hbond substituents is 1. The van der Waals surface area contributed by atoms with Gasteiger partial charge in [0.25, 0.3) is 11.8 Å². The van der Waals surface area contributed by atoms with Crippen LogP contribution >= 0.6 is 15.9 Å². The lowest BCUT2D eigenvalue weighted by atomic mass is 10.1. The van der Waals surface area contributed by atoms with Crippen molar-refractivity contribution in [2.75, 3.05) is 5.01 Å². The van der Waals surface area contributed by atoms with Gasteiger partial charge in [-0.25, -0.2) is 5.01 Å². The highest BCUT2D eigenvalue weighted by Gasteiger charge is 2.35. The number of nitrogens with one attached hydrogen (secondary N) is 1. The summed E-state index contributed by atoms with van der Waals surface area (Å²) in [6.07, 6.45) is 1.12. The third kappa shape index (κ3) is 3.09. The first kappa shape index (κ1) is 16.7. The normalized spacial score (nSPS) is 15.6. The molecule has 0 radical (unpaired) electrons. The molecule has 0 bridgehead atoms. The minimum Gasteiger partial charge on any atom is -0.502 e. The van der Waals surface area contributed by atoms with Gasteiger partial charge in [-0.05, 0) is 24.3 Å². The van der Waals surface area contributed by atoms with Crippen molar-refractivity contribution in [2.24, 2.45) is 0 Å². The molecular formula is C16H10BrN3O5. The van der Waals surface area contributed by atoms with E-state index in [1.807, 2.05) is 0 Å². The van der Waals surface area contributed by atoms with Crippen LogP contribution in [0.5, 0.6) is 5.75 Å². The number of halogens is 1. The van der Waals surface area contributed by atoms with Gasteiger partial charge in [-0.15, -0.1) is 0 Å². The van der Waals surface area contributed by atoms with E-state index < -0.39 is 28.2 Å². The fourth-order valence-corrected chi connectivity index (χ4v) is 2.79. The average Bonchev–Trinajstić information content (AvgIpc) is 2.86. The Morgan fingerprint density at radius 3 is 2.52 bits per heavy atom. The summed E-state index contributed by atoms with van der Waals surface area (Å²) in [6.45, 7) is 0. The van der Waals surface area contributed by atoms with Gasteiger partial charge in [0.05, 0.1) is 10.6 Å². The Morgan fingerprint density at radius 1 is 1.20 bits per heavy atom. The summed E-state index contributed by atoms with van der Waals surface area (Å²) in [5, 5.41) is 22.1. The van der Waals surface area contributed by atoms with E-state index in [4.69, 9.17) is 0 Å². The highest BCUT2D eigenvalue weighted by atomic mass is 79.9. The number of aromatic hydroxyl groups is 1. The van der Waals surface area contributed by atoms with Crippen LogP contribution in [0.4, 0.5) is 11.4 Å². The van der Waals surface area contributed by atoms with Crippen LogP contribution < -0.4 is 10.4 Å². The monoisotopic (exact) mass is 403 g/mol. The van der Waals surface area contributed by atoms with Crippen molar-refractivity contribution in [2.45, 2.75) is 0 Å². The Morgan fingerprint density at radius 2 is 1.88 bits per heavy atom. The van der Waals surface area contributed by atoms with Crippen molar-refractivity contribution in [3.63, 3.8) is 0 Å². The molecule has 1 fully saturated rings. The Kier molecular flexibility index (Phi) is 4.24. The SMILES string of the molecule is O=C1NN(c2ccccc2)C(=O)C1=Cc1cc(Br)cc([N+](=O)[O-])c1O. The number of para-hydroxylation sites is 1. The number of nitro benzene ring substituents is 1. The lowest BCUT2D eigenvalue weighted by Gasteiger charge is -2.13. The van der Waals surface area contributed by atoms with Crippen LogP contribution in [0.2, 0.25) is 0 Å². The standard InChI is InChI=1S/C16H10BrN3O5/c17-10-6-9(14(21)13(8-10)20(24)25)7-12-15(22)18-19(16(12)23)11-4-2-1-3-5-11/h1-8,21H,(H,18,22). The third-order valence-electron chi connectivity index (χ3n) is 3.49. The van der Waals surface area contributed by atoms with Crippen molar-refractivity contribution < 1.29 is 19.6 Å². The van der Waals surface area contributed by atoms with E-state index in [1.165, 1.54) is 6.07 Å². The maximum absolute atomic E-state index is 12.5. The van der Waals surface area contributed by atoms with Crippen molar-refractivity contribution >= 4 is 45.2 Å². The first-order valence-corrected chi connectivity index (χ1v) is 7.77. The Labute approximate surface area is 149 Å². The second-order valence-corrected chi connectivity index (χ2v) is 6.01. The molecule has 126 valence electrons. The van der Waals surface area contributed by atoms with Gasteiger partial charge in [0.2, 0.25) is 5.75 Å². The van der Waals surface area contributed by atoms with E-state index in [1.54, 1.807) is 30.3 Å². The molecule has 25 heavy (non-hydrogen) atoms. The number of benzene rings is 2. The van der Waals surface area contributed by atoms with E-state index in [2.05, 4.69) is 21.4 Å². The molecule has 1 heterocycles. The zero-order valence-electron chi connectivity index (χ0n) is 12.5. The second kappa shape index (κ2) is 6.36. The fraction of sp³-hybridized carbons (Fsp3) is 0. The molecule has 0 aromatic heterocycles. The van der Waals surface area contributed by atoms with Crippen LogP contribution in [0, 0.1) is 10.1 Å². The molecule has 8 nitrogen and oxygen atoms in total. The molecule has 0 aliphatic carbocycles. The van der Waals surface area contributed by atoms with Crippen molar-refractivity contribution in [1.29, 1.82) is 0 Å². The zero-order valence-corrected chi connectivity index (χ0v) is 14.1. The fourth-order valence-electron chi connectivity index (χ4n) is 2.33. The van der Waals surface area contributed by atoms with Crippen LogP contribution in [-0.2, 0) is 9.59 Å². The van der Waals surface area contributed by atoms with Gasteiger partial charge >= 0.3 is 5.69 Å². The van der Waals surface area contributed by atoms with Gasteiger partial charge in [-0.1, -0.05) is 34.1 Å². The summed E-state index contributed by atoms with van der Waals surface area (Å²) in [5.74, 6) is -1.92. The molecule has 9 heteroatoms. The molecule has 1 saturated heterocycles. The quantitative estimate of drug-likeness (QED) is 0.353. The van der Waals surface area contributed by atoms with E-state index in [0.29, 0.717) is 10.2 Å². The summed E-state index contributed by atoms with van der Waals surface area (Å²) < 4.78 is 0.328. The molecule has 3 rings (SSSR count).